The van der Waals surface area contributed by atoms with Crippen LogP contribution in [0.25, 0.3) is 5.65 Å². The highest BCUT2D eigenvalue weighted by molar-refractivity contribution is 7.17. The number of nitrogens with zero attached hydrogens (tertiary/aromatic N) is 3. The molecule has 0 atom stereocenters. The zero-order chi connectivity index (χ0) is 20.5. The summed E-state index contributed by atoms with van der Waals surface area (Å²) >= 11 is 1.47. The van der Waals surface area contributed by atoms with Crippen LogP contribution in [0.4, 0.5) is 5.00 Å². The van der Waals surface area contributed by atoms with E-state index in [1.165, 1.54) is 11.3 Å². The number of aryl methyl sites for hydroxylation is 1. The van der Waals surface area contributed by atoms with Crippen LogP contribution in [-0.2, 0) is 28.9 Å². The van der Waals surface area contributed by atoms with Gasteiger partial charge in [-0.2, -0.15) is 0 Å². The first kappa shape index (κ1) is 19.6. The number of amides is 1. The maximum absolute atomic E-state index is 12.7. The van der Waals surface area contributed by atoms with E-state index in [9.17, 15) is 9.59 Å². The van der Waals surface area contributed by atoms with Gasteiger partial charge in [-0.1, -0.05) is 6.07 Å². The fourth-order valence-corrected chi connectivity index (χ4v) is 5.00. The summed E-state index contributed by atoms with van der Waals surface area (Å²) in [5.41, 5.74) is 4.11. The molecule has 7 nitrogen and oxygen atoms in total. The Bertz CT molecular complexity index is 1090. The summed E-state index contributed by atoms with van der Waals surface area (Å²) in [6.07, 6.45) is 4.70. The molecule has 4 rings (SSSR count). The Hall–Kier alpha value is -2.71. The van der Waals surface area contributed by atoms with Gasteiger partial charge in [0.2, 0.25) is 5.91 Å². The average molecular weight is 413 g/mol. The van der Waals surface area contributed by atoms with Gasteiger partial charge in [0.25, 0.3) is 0 Å². The summed E-state index contributed by atoms with van der Waals surface area (Å²) in [7, 11) is 2.05. The van der Waals surface area contributed by atoms with Crippen molar-refractivity contribution >= 4 is 33.9 Å². The van der Waals surface area contributed by atoms with Crippen molar-refractivity contribution in [2.75, 3.05) is 25.5 Å². The molecule has 3 aromatic rings. The van der Waals surface area contributed by atoms with E-state index >= 15 is 0 Å². The van der Waals surface area contributed by atoms with Crippen molar-refractivity contribution in [3.05, 3.63) is 51.8 Å². The lowest BCUT2D eigenvalue weighted by atomic mass is 10.0. The summed E-state index contributed by atoms with van der Waals surface area (Å²) < 4.78 is 7.18. The van der Waals surface area contributed by atoms with Gasteiger partial charge in [0.15, 0.2) is 0 Å². The van der Waals surface area contributed by atoms with E-state index < -0.39 is 0 Å². The minimum atomic E-state index is -0.367. The zero-order valence-corrected chi connectivity index (χ0v) is 17.6. The number of esters is 1. The molecule has 1 amide bonds. The van der Waals surface area contributed by atoms with Crippen LogP contribution in [0.15, 0.2) is 24.5 Å². The zero-order valence-electron chi connectivity index (χ0n) is 16.8. The molecule has 0 saturated heterocycles. The lowest BCUT2D eigenvalue weighted by Gasteiger charge is -2.22. The number of hydrogen-bond donors (Lipinski definition) is 1. The number of thiophene rings is 1. The monoisotopic (exact) mass is 412 g/mol. The Kier molecular flexibility index (Phi) is 5.38. The van der Waals surface area contributed by atoms with Crippen molar-refractivity contribution in [3.8, 4) is 0 Å². The van der Waals surface area contributed by atoms with Crippen LogP contribution in [0.1, 0.15) is 39.0 Å². The van der Waals surface area contributed by atoms with Crippen molar-refractivity contribution in [2.24, 2.45) is 0 Å². The van der Waals surface area contributed by atoms with Gasteiger partial charge < -0.3 is 19.4 Å². The molecule has 0 bridgehead atoms. The number of aromatic nitrogens is 2. The smallest absolute Gasteiger partial charge is 0.341 e. The first-order valence-corrected chi connectivity index (χ1v) is 10.5. The number of rotatable bonds is 5. The largest absolute Gasteiger partial charge is 0.462 e. The Balaban J connectivity index is 1.58. The topological polar surface area (TPSA) is 75.9 Å². The molecular formula is C21H24N4O3S. The van der Waals surface area contributed by atoms with E-state index in [1.54, 1.807) is 6.92 Å². The standard InChI is InChI=1S/C21H24N4O3S/c1-4-28-21(27)18-15-7-9-24(3)12-16(15)29-20(18)23-17(26)10-14-11-25-8-5-6-13(2)19(25)22-14/h5-6,8,11H,4,7,9-10,12H2,1-3H3,(H,23,26). The van der Waals surface area contributed by atoms with Crippen molar-refractivity contribution in [1.29, 1.82) is 0 Å². The highest BCUT2D eigenvalue weighted by atomic mass is 32.1. The molecular weight excluding hydrogens is 388 g/mol. The molecule has 1 N–H and O–H groups in total. The first-order chi connectivity index (χ1) is 14.0. The number of nitrogens with one attached hydrogen (secondary N) is 1. The number of likely N-dealkylation sites (N-methyl/N-ethyl adjacent to an activating group) is 1. The van der Waals surface area contributed by atoms with Crippen LogP contribution in [0, 0.1) is 6.92 Å². The van der Waals surface area contributed by atoms with Crippen molar-refractivity contribution in [2.45, 2.75) is 33.2 Å². The SMILES string of the molecule is CCOC(=O)c1c(NC(=O)Cc2cn3cccc(C)c3n2)sc2c1CCN(C)C2. The van der Waals surface area contributed by atoms with E-state index in [2.05, 4.69) is 22.2 Å². The minimum absolute atomic E-state index is 0.145. The molecule has 4 heterocycles. The Morgan fingerprint density at radius 2 is 2.21 bits per heavy atom. The van der Waals surface area contributed by atoms with Crippen LogP contribution < -0.4 is 5.32 Å². The Morgan fingerprint density at radius 3 is 2.97 bits per heavy atom. The third-order valence-corrected chi connectivity index (χ3v) is 6.18. The van der Waals surface area contributed by atoms with Gasteiger partial charge in [-0.3, -0.25) is 4.79 Å². The molecule has 0 aromatic carbocycles. The number of imidazole rings is 1. The fraction of sp³-hybridized carbons (Fsp3) is 0.381. The van der Waals surface area contributed by atoms with Crippen LogP contribution in [0.5, 0.6) is 0 Å². The molecule has 3 aromatic heterocycles. The third kappa shape index (κ3) is 3.90. The molecule has 0 radical (unpaired) electrons. The molecule has 8 heteroatoms. The van der Waals surface area contributed by atoms with Gasteiger partial charge in [-0.25, -0.2) is 9.78 Å². The number of anilines is 1. The number of fused-ring (bicyclic) bond motifs is 2. The summed E-state index contributed by atoms with van der Waals surface area (Å²) in [4.78, 5) is 33.2. The Morgan fingerprint density at radius 1 is 1.38 bits per heavy atom. The summed E-state index contributed by atoms with van der Waals surface area (Å²) in [5.74, 6) is -0.559. The quantitative estimate of drug-likeness (QED) is 0.652. The molecule has 29 heavy (non-hydrogen) atoms. The van der Waals surface area contributed by atoms with Gasteiger partial charge in [0, 0.05) is 30.4 Å². The first-order valence-electron chi connectivity index (χ1n) is 9.69. The van der Waals surface area contributed by atoms with Gasteiger partial charge >= 0.3 is 5.97 Å². The third-order valence-electron chi connectivity index (χ3n) is 5.05. The van der Waals surface area contributed by atoms with E-state index in [-0.39, 0.29) is 18.3 Å². The van der Waals surface area contributed by atoms with E-state index in [0.717, 1.165) is 41.2 Å². The van der Waals surface area contributed by atoms with Crippen LogP contribution in [0.3, 0.4) is 0 Å². The molecule has 152 valence electrons. The fourth-order valence-electron chi connectivity index (χ4n) is 3.66. The van der Waals surface area contributed by atoms with Gasteiger partial charge in [-0.15, -0.1) is 11.3 Å². The minimum Gasteiger partial charge on any atom is -0.462 e. The lowest BCUT2D eigenvalue weighted by Crippen LogP contribution is -2.26. The van der Waals surface area contributed by atoms with Crippen LogP contribution in [-0.4, -0.2) is 46.4 Å². The van der Waals surface area contributed by atoms with E-state index in [0.29, 0.717) is 22.9 Å². The van der Waals surface area contributed by atoms with E-state index in [4.69, 9.17) is 4.74 Å². The molecule has 0 fully saturated rings. The highest BCUT2D eigenvalue weighted by Gasteiger charge is 2.28. The maximum Gasteiger partial charge on any atom is 0.341 e. The van der Waals surface area contributed by atoms with Crippen LogP contribution in [0.2, 0.25) is 0 Å². The predicted molar refractivity (Wildman–Crippen MR) is 113 cm³/mol. The molecule has 0 saturated carbocycles. The second kappa shape index (κ2) is 7.96. The summed E-state index contributed by atoms with van der Waals surface area (Å²) in [6.45, 7) is 5.73. The molecule has 1 aliphatic heterocycles. The average Bonchev–Trinajstić information content (AvgIpc) is 3.22. The maximum atomic E-state index is 12.7. The van der Waals surface area contributed by atoms with Gasteiger partial charge in [-0.05, 0) is 44.5 Å². The van der Waals surface area contributed by atoms with E-state index in [1.807, 2.05) is 35.9 Å². The van der Waals surface area contributed by atoms with Crippen molar-refractivity contribution in [1.82, 2.24) is 14.3 Å². The normalized spacial score (nSPS) is 14.0. The summed E-state index contributed by atoms with van der Waals surface area (Å²) in [5, 5.41) is 3.52. The second-order valence-corrected chi connectivity index (χ2v) is 8.40. The van der Waals surface area contributed by atoms with Gasteiger partial charge in [0.1, 0.15) is 10.6 Å². The molecule has 0 spiro atoms. The Labute approximate surface area is 173 Å². The number of carbonyl (C=O) groups is 2. The van der Waals surface area contributed by atoms with Crippen molar-refractivity contribution < 1.29 is 14.3 Å². The number of ether oxygens (including phenoxy) is 1. The summed E-state index contributed by atoms with van der Waals surface area (Å²) in [6, 6.07) is 3.94. The molecule has 0 unspecified atom stereocenters. The van der Waals surface area contributed by atoms with Crippen molar-refractivity contribution in [3.63, 3.8) is 0 Å². The number of pyridine rings is 1. The van der Waals surface area contributed by atoms with Crippen LogP contribution >= 0.6 is 11.3 Å². The molecule has 1 aliphatic rings. The van der Waals surface area contributed by atoms with Gasteiger partial charge in [0.05, 0.1) is 24.3 Å². The highest BCUT2D eigenvalue weighted by Crippen LogP contribution is 2.37. The molecule has 0 aliphatic carbocycles. The number of carbonyl (C=O) groups excluding carboxylic acids is 2. The number of hydrogen-bond acceptors (Lipinski definition) is 6. The second-order valence-electron chi connectivity index (χ2n) is 7.30. The predicted octanol–water partition coefficient (Wildman–Crippen LogP) is 3.05. The lowest BCUT2D eigenvalue weighted by molar-refractivity contribution is -0.115.